The number of esters is 1. The van der Waals surface area contributed by atoms with Gasteiger partial charge in [0, 0.05) is 6.42 Å². The molecule has 0 fully saturated rings. The second-order valence-electron chi connectivity index (χ2n) is 4.68. The Morgan fingerprint density at radius 2 is 1.59 bits per heavy atom. The Morgan fingerprint density at radius 3 is 2.18 bits per heavy atom. The van der Waals surface area contributed by atoms with Gasteiger partial charge in [0.1, 0.15) is 0 Å². The first kappa shape index (κ1) is 16.2. The molecule has 0 spiro atoms. The minimum absolute atomic E-state index is 0.149. The van der Waals surface area contributed by atoms with Gasteiger partial charge in [0.25, 0.3) is 0 Å². The van der Waals surface area contributed by atoms with Gasteiger partial charge in [0.2, 0.25) is 0 Å². The fourth-order valence-corrected chi connectivity index (χ4v) is 1.67. The standard InChI is InChI=1S/C15H28O2/c1-4-6-7-8-9-10-11-12-14(3)13-17-15(16)5-2/h13H,4-12H2,1-3H3. The van der Waals surface area contributed by atoms with Gasteiger partial charge in [-0.15, -0.1) is 0 Å². The van der Waals surface area contributed by atoms with Crippen LogP contribution in [0.4, 0.5) is 0 Å². The van der Waals surface area contributed by atoms with E-state index in [1.807, 2.05) is 13.8 Å². The molecule has 0 atom stereocenters. The van der Waals surface area contributed by atoms with Gasteiger partial charge >= 0.3 is 5.97 Å². The van der Waals surface area contributed by atoms with Crippen LogP contribution in [0.25, 0.3) is 0 Å². The minimum Gasteiger partial charge on any atom is -0.435 e. The predicted octanol–water partition coefficient (Wildman–Crippen LogP) is 4.98. The van der Waals surface area contributed by atoms with E-state index in [4.69, 9.17) is 4.74 Å². The van der Waals surface area contributed by atoms with Gasteiger partial charge in [-0.2, -0.15) is 0 Å². The maximum absolute atomic E-state index is 10.9. The van der Waals surface area contributed by atoms with Gasteiger partial charge in [-0.3, -0.25) is 4.79 Å². The summed E-state index contributed by atoms with van der Waals surface area (Å²) in [6.45, 7) is 6.08. The van der Waals surface area contributed by atoms with E-state index < -0.39 is 0 Å². The van der Waals surface area contributed by atoms with Crippen LogP contribution >= 0.6 is 0 Å². The van der Waals surface area contributed by atoms with Crippen molar-refractivity contribution in [2.24, 2.45) is 0 Å². The van der Waals surface area contributed by atoms with E-state index in [1.165, 1.54) is 50.5 Å². The third kappa shape index (κ3) is 11.5. The molecule has 0 N–H and O–H groups in total. The van der Waals surface area contributed by atoms with Crippen LogP contribution in [-0.4, -0.2) is 5.97 Å². The molecule has 0 rings (SSSR count). The van der Waals surface area contributed by atoms with Crippen molar-refractivity contribution >= 4 is 5.97 Å². The quantitative estimate of drug-likeness (QED) is 0.306. The van der Waals surface area contributed by atoms with Gasteiger partial charge < -0.3 is 4.74 Å². The Kier molecular flexibility index (Phi) is 11.1. The molecule has 17 heavy (non-hydrogen) atoms. The first-order valence-corrected chi connectivity index (χ1v) is 7.05. The lowest BCUT2D eigenvalue weighted by atomic mass is 10.1. The molecular weight excluding hydrogens is 212 g/mol. The van der Waals surface area contributed by atoms with E-state index in [1.54, 1.807) is 6.26 Å². The van der Waals surface area contributed by atoms with Crippen LogP contribution in [0.5, 0.6) is 0 Å². The Morgan fingerprint density at radius 1 is 1.00 bits per heavy atom. The molecule has 0 saturated carbocycles. The van der Waals surface area contributed by atoms with Crippen molar-refractivity contribution in [3.8, 4) is 0 Å². The molecule has 0 saturated heterocycles. The van der Waals surface area contributed by atoms with Crippen LogP contribution in [0.15, 0.2) is 11.8 Å². The summed E-state index contributed by atoms with van der Waals surface area (Å²) in [5.41, 5.74) is 1.17. The van der Waals surface area contributed by atoms with Gasteiger partial charge in [0.15, 0.2) is 0 Å². The van der Waals surface area contributed by atoms with E-state index >= 15 is 0 Å². The van der Waals surface area contributed by atoms with Crippen molar-refractivity contribution in [3.63, 3.8) is 0 Å². The summed E-state index contributed by atoms with van der Waals surface area (Å²) in [6.07, 6.45) is 12.4. The number of hydrogen-bond donors (Lipinski definition) is 0. The number of rotatable bonds is 10. The van der Waals surface area contributed by atoms with E-state index in [-0.39, 0.29) is 5.97 Å². The molecule has 0 aliphatic rings. The second kappa shape index (κ2) is 11.7. The molecule has 2 nitrogen and oxygen atoms in total. The van der Waals surface area contributed by atoms with Crippen LogP contribution in [0.2, 0.25) is 0 Å². The molecule has 0 bridgehead atoms. The highest BCUT2D eigenvalue weighted by atomic mass is 16.5. The summed E-state index contributed by atoms with van der Waals surface area (Å²) >= 11 is 0. The van der Waals surface area contributed by atoms with Crippen LogP contribution < -0.4 is 0 Å². The van der Waals surface area contributed by atoms with Crippen molar-refractivity contribution in [2.75, 3.05) is 0 Å². The molecule has 0 amide bonds. The maximum atomic E-state index is 10.9. The van der Waals surface area contributed by atoms with Gasteiger partial charge in [0.05, 0.1) is 6.26 Å². The maximum Gasteiger partial charge on any atom is 0.310 e. The van der Waals surface area contributed by atoms with Crippen LogP contribution in [0.3, 0.4) is 0 Å². The highest BCUT2D eigenvalue weighted by Crippen LogP contribution is 2.12. The number of carbonyl (C=O) groups excluding carboxylic acids is 1. The fourth-order valence-electron chi connectivity index (χ4n) is 1.67. The Labute approximate surface area is 106 Å². The summed E-state index contributed by atoms with van der Waals surface area (Å²) in [7, 11) is 0. The average molecular weight is 240 g/mol. The van der Waals surface area contributed by atoms with Gasteiger partial charge in [-0.1, -0.05) is 52.4 Å². The summed E-state index contributed by atoms with van der Waals surface area (Å²) in [6, 6.07) is 0. The summed E-state index contributed by atoms with van der Waals surface area (Å²) < 4.78 is 4.96. The molecule has 0 radical (unpaired) electrons. The minimum atomic E-state index is -0.149. The number of allylic oxidation sites excluding steroid dienone is 1. The topological polar surface area (TPSA) is 26.3 Å². The summed E-state index contributed by atoms with van der Waals surface area (Å²) in [4.78, 5) is 10.9. The average Bonchev–Trinajstić information content (AvgIpc) is 2.34. The zero-order valence-electron chi connectivity index (χ0n) is 11.8. The fraction of sp³-hybridized carbons (Fsp3) is 0.800. The molecule has 2 heteroatoms. The first-order chi connectivity index (χ1) is 8.20. The van der Waals surface area contributed by atoms with Crippen molar-refractivity contribution in [2.45, 2.75) is 78.6 Å². The number of hydrogen-bond acceptors (Lipinski definition) is 2. The number of ether oxygens (including phenoxy) is 1. The Bertz CT molecular complexity index is 219. The third-order valence-electron chi connectivity index (χ3n) is 2.85. The predicted molar refractivity (Wildman–Crippen MR) is 72.8 cm³/mol. The highest BCUT2D eigenvalue weighted by Gasteiger charge is 1.97. The van der Waals surface area contributed by atoms with E-state index in [0.717, 1.165) is 6.42 Å². The molecule has 0 heterocycles. The lowest BCUT2D eigenvalue weighted by Crippen LogP contribution is -1.96. The Balaban J connectivity index is 3.38. The normalized spacial score (nSPS) is 11.6. The second-order valence-corrected chi connectivity index (χ2v) is 4.68. The lowest BCUT2D eigenvalue weighted by Gasteiger charge is -2.02. The van der Waals surface area contributed by atoms with Gasteiger partial charge in [-0.05, 0) is 25.3 Å². The molecule has 0 aromatic rings. The van der Waals surface area contributed by atoms with Crippen LogP contribution in [0, 0.1) is 0 Å². The van der Waals surface area contributed by atoms with Crippen molar-refractivity contribution < 1.29 is 9.53 Å². The van der Waals surface area contributed by atoms with Crippen LogP contribution in [0.1, 0.15) is 78.6 Å². The van der Waals surface area contributed by atoms with Crippen molar-refractivity contribution in [1.29, 1.82) is 0 Å². The molecule has 0 aliphatic heterocycles. The molecule has 100 valence electrons. The molecule has 0 aromatic carbocycles. The number of unbranched alkanes of at least 4 members (excludes halogenated alkanes) is 6. The van der Waals surface area contributed by atoms with E-state index in [9.17, 15) is 4.79 Å². The summed E-state index contributed by atoms with van der Waals surface area (Å²) in [5.74, 6) is -0.149. The zero-order valence-corrected chi connectivity index (χ0v) is 11.8. The molecular formula is C15H28O2. The Hall–Kier alpha value is -0.790. The van der Waals surface area contributed by atoms with Crippen molar-refractivity contribution in [3.05, 3.63) is 11.8 Å². The van der Waals surface area contributed by atoms with Crippen LogP contribution in [-0.2, 0) is 9.53 Å². The van der Waals surface area contributed by atoms with Crippen molar-refractivity contribution in [1.82, 2.24) is 0 Å². The molecule has 0 unspecified atom stereocenters. The van der Waals surface area contributed by atoms with E-state index in [2.05, 4.69) is 6.92 Å². The monoisotopic (exact) mass is 240 g/mol. The molecule has 0 aromatic heterocycles. The van der Waals surface area contributed by atoms with Gasteiger partial charge in [-0.25, -0.2) is 0 Å². The van der Waals surface area contributed by atoms with E-state index in [0.29, 0.717) is 6.42 Å². The number of carbonyl (C=O) groups is 1. The highest BCUT2D eigenvalue weighted by molar-refractivity contribution is 5.69. The lowest BCUT2D eigenvalue weighted by molar-refractivity contribution is -0.137. The smallest absolute Gasteiger partial charge is 0.310 e. The zero-order chi connectivity index (χ0) is 12.9. The molecule has 0 aliphatic carbocycles. The third-order valence-corrected chi connectivity index (χ3v) is 2.85. The SMILES string of the molecule is CCCCCCCCCC(C)=COC(=O)CC. The first-order valence-electron chi connectivity index (χ1n) is 7.05. The summed E-state index contributed by atoms with van der Waals surface area (Å²) in [5, 5.41) is 0. The largest absolute Gasteiger partial charge is 0.435 e.